The van der Waals surface area contributed by atoms with Crippen molar-refractivity contribution in [2.45, 2.75) is 38.9 Å². The molecule has 0 spiro atoms. The van der Waals surface area contributed by atoms with Crippen LogP contribution in [-0.4, -0.2) is 38.8 Å². The van der Waals surface area contributed by atoms with Crippen LogP contribution in [-0.2, 0) is 13.0 Å². The average molecular weight is 342 g/mol. The molecule has 7 heteroatoms. The van der Waals surface area contributed by atoms with Crippen LogP contribution < -0.4 is 15.5 Å². The Morgan fingerprint density at radius 3 is 2.79 bits per heavy atom. The molecule has 0 aromatic heterocycles. The van der Waals surface area contributed by atoms with Crippen LogP contribution in [0.4, 0.5) is 18.9 Å². The molecule has 0 amide bonds. The van der Waals surface area contributed by atoms with Gasteiger partial charge in [-0.05, 0) is 37.0 Å². The van der Waals surface area contributed by atoms with E-state index < -0.39 is 12.6 Å². The summed E-state index contributed by atoms with van der Waals surface area (Å²) in [6.07, 6.45) is -2.84. The number of hydrogen-bond donors (Lipinski definition) is 2. The van der Waals surface area contributed by atoms with Crippen molar-refractivity contribution in [1.82, 2.24) is 10.6 Å². The van der Waals surface area contributed by atoms with E-state index in [1.165, 1.54) is 11.3 Å². The predicted octanol–water partition coefficient (Wildman–Crippen LogP) is 3.08. The number of anilines is 1. The Balaban J connectivity index is 1.98. The fraction of sp³-hybridized carbons (Fsp3) is 0.588. The smallest absolute Gasteiger partial charge is 0.374 e. The number of rotatable bonds is 5. The summed E-state index contributed by atoms with van der Waals surface area (Å²) in [7, 11) is 2.09. The number of aryl methyl sites for hydroxylation is 1. The zero-order valence-electron chi connectivity index (χ0n) is 14.2. The summed E-state index contributed by atoms with van der Waals surface area (Å²) < 4.78 is 36.7. The fourth-order valence-electron chi connectivity index (χ4n) is 2.77. The van der Waals surface area contributed by atoms with Gasteiger partial charge in [-0.25, -0.2) is 4.99 Å². The first-order valence-electron chi connectivity index (χ1n) is 8.31. The Morgan fingerprint density at radius 2 is 2.08 bits per heavy atom. The third kappa shape index (κ3) is 5.62. The van der Waals surface area contributed by atoms with E-state index in [1.807, 2.05) is 13.0 Å². The van der Waals surface area contributed by atoms with E-state index in [1.54, 1.807) is 0 Å². The van der Waals surface area contributed by atoms with Gasteiger partial charge in [-0.15, -0.1) is 0 Å². The van der Waals surface area contributed by atoms with Gasteiger partial charge >= 0.3 is 6.18 Å². The zero-order chi connectivity index (χ0) is 17.6. The van der Waals surface area contributed by atoms with Crippen LogP contribution in [0.2, 0.25) is 0 Å². The summed E-state index contributed by atoms with van der Waals surface area (Å²) in [4.78, 5) is 6.63. The third-order valence-corrected chi connectivity index (χ3v) is 3.96. The van der Waals surface area contributed by atoms with Gasteiger partial charge in [0.15, 0.2) is 5.96 Å². The number of guanidine groups is 1. The van der Waals surface area contributed by atoms with E-state index in [2.05, 4.69) is 39.7 Å². The maximum absolute atomic E-state index is 12.2. The molecule has 0 saturated heterocycles. The lowest BCUT2D eigenvalue weighted by Gasteiger charge is -2.27. The standard InChI is InChI=1S/C17H25F3N4/c1-3-21-16(22-9-8-17(18,19)20)23-12-13-6-7-15-14(11-13)5-4-10-24(15)2/h6-7,11H,3-5,8-10,12H2,1-2H3,(H2,21,22,23). The molecule has 1 aromatic carbocycles. The summed E-state index contributed by atoms with van der Waals surface area (Å²) >= 11 is 0. The minimum absolute atomic E-state index is 0.176. The second-order valence-corrected chi connectivity index (χ2v) is 5.98. The zero-order valence-corrected chi connectivity index (χ0v) is 14.2. The largest absolute Gasteiger partial charge is 0.390 e. The average Bonchev–Trinajstić information content (AvgIpc) is 2.51. The Kier molecular flexibility index (Phi) is 6.34. The number of nitrogens with one attached hydrogen (secondary N) is 2. The van der Waals surface area contributed by atoms with Crippen molar-refractivity contribution >= 4 is 11.6 Å². The summed E-state index contributed by atoms with van der Waals surface area (Å²) in [5.74, 6) is 0.414. The molecule has 0 atom stereocenters. The number of alkyl halides is 3. The molecule has 2 rings (SSSR count). The first-order valence-corrected chi connectivity index (χ1v) is 8.31. The molecule has 1 aromatic rings. The van der Waals surface area contributed by atoms with E-state index in [9.17, 15) is 13.2 Å². The topological polar surface area (TPSA) is 39.7 Å². The second kappa shape index (κ2) is 8.26. The lowest BCUT2D eigenvalue weighted by atomic mass is 10.00. The minimum Gasteiger partial charge on any atom is -0.374 e. The Hall–Kier alpha value is -1.92. The van der Waals surface area contributed by atoms with Crippen LogP contribution in [0.25, 0.3) is 0 Å². The molecule has 4 nitrogen and oxygen atoms in total. The summed E-state index contributed by atoms with van der Waals surface area (Å²) in [6, 6.07) is 6.28. The highest BCUT2D eigenvalue weighted by atomic mass is 19.4. The van der Waals surface area contributed by atoms with Gasteiger partial charge in [0, 0.05) is 32.4 Å². The molecule has 134 valence electrons. The highest BCUT2D eigenvalue weighted by molar-refractivity contribution is 5.79. The normalized spacial score (nSPS) is 15.2. The SMILES string of the molecule is CCNC(=NCc1ccc2c(c1)CCCN2C)NCCC(F)(F)F. The van der Waals surface area contributed by atoms with Gasteiger partial charge in [0.25, 0.3) is 0 Å². The van der Waals surface area contributed by atoms with Gasteiger partial charge in [-0.2, -0.15) is 13.2 Å². The van der Waals surface area contributed by atoms with E-state index >= 15 is 0 Å². The van der Waals surface area contributed by atoms with Gasteiger partial charge in [0.2, 0.25) is 0 Å². The Morgan fingerprint density at radius 1 is 1.29 bits per heavy atom. The molecule has 0 aliphatic carbocycles. The third-order valence-electron chi connectivity index (χ3n) is 3.96. The maximum atomic E-state index is 12.2. The van der Waals surface area contributed by atoms with Gasteiger partial charge < -0.3 is 15.5 Å². The van der Waals surface area contributed by atoms with Crippen molar-refractivity contribution < 1.29 is 13.2 Å². The van der Waals surface area contributed by atoms with Crippen molar-refractivity contribution in [2.24, 2.45) is 4.99 Å². The van der Waals surface area contributed by atoms with Crippen LogP contribution in [0.5, 0.6) is 0 Å². The number of benzene rings is 1. The van der Waals surface area contributed by atoms with Crippen molar-refractivity contribution in [3.63, 3.8) is 0 Å². The lowest BCUT2D eigenvalue weighted by Crippen LogP contribution is -2.38. The molecule has 0 fully saturated rings. The molecule has 2 N–H and O–H groups in total. The molecule has 24 heavy (non-hydrogen) atoms. The second-order valence-electron chi connectivity index (χ2n) is 5.98. The number of halogens is 3. The monoisotopic (exact) mass is 342 g/mol. The highest BCUT2D eigenvalue weighted by Gasteiger charge is 2.26. The van der Waals surface area contributed by atoms with Gasteiger partial charge in [0.1, 0.15) is 0 Å². The van der Waals surface area contributed by atoms with E-state index in [-0.39, 0.29) is 6.54 Å². The predicted molar refractivity (Wildman–Crippen MR) is 91.5 cm³/mol. The van der Waals surface area contributed by atoms with Crippen LogP contribution in [0, 0.1) is 0 Å². The maximum Gasteiger partial charge on any atom is 0.390 e. The molecule has 0 unspecified atom stereocenters. The Labute approximate surface area is 141 Å². The number of hydrogen-bond acceptors (Lipinski definition) is 2. The molecule has 0 radical (unpaired) electrons. The molecule has 0 saturated carbocycles. The van der Waals surface area contributed by atoms with Crippen LogP contribution >= 0.6 is 0 Å². The van der Waals surface area contributed by atoms with Crippen molar-refractivity contribution in [1.29, 1.82) is 0 Å². The van der Waals surface area contributed by atoms with Crippen molar-refractivity contribution in [3.05, 3.63) is 29.3 Å². The van der Waals surface area contributed by atoms with Crippen LogP contribution in [0.1, 0.15) is 30.9 Å². The molecule has 0 bridgehead atoms. The van der Waals surface area contributed by atoms with E-state index in [4.69, 9.17) is 0 Å². The first-order chi connectivity index (χ1) is 11.4. The van der Waals surface area contributed by atoms with E-state index in [0.717, 1.165) is 24.9 Å². The Bertz CT molecular complexity index is 569. The fourth-order valence-corrected chi connectivity index (χ4v) is 2.77. The summed E-state index contributed by atoms with van der Waals surface area (Å²) in [5, 5.41) is 5.70. The number of aliphatic imine (C=N–C) groups is 1. The first kappa shape index (κ1) is 18.4. The molecular formula is C17H25F3N4. The van der Waals surface area contributed by atoms with Crippen LogP contribution in [0.15, 0.2) is 23.2 Å². The summed E-state index contributed by atoms with van der Waals surface area (Å²) in [5.41, 5.74) is 3.63. The van der Waals surface area contributed by atoms with Crippen molar-refractivity contribution in [3.8, 4) is 0 Å². The van der Waals surface area contributed by atoms with Gasteiger partial charge in [-0.1, -0.05) is 12.1 Å². The quantitative estimate of drug-likeness (QED) is 0.638. The summed E-state index contributed by atoms with van der Waals surface area (Å²) in [6.45, 7) is 3.82. The highest BCUT2D eigenvalue weighted by Crippen LogP contribution is 2.27. The molecular weight excluding hydrogens is 317 g/mol. The van der Waals surface area contributed by atoms with Crippen LogP contribution in [0.3, 0.4) is 0 Å². The lowest BCUT2D eigenvalue weighted by molar-refractivity contribution is -0.132. The minimum atomic E-state index is -4.16. The van der Waals surface area contributed by atoms with Gasteiger partial charge in [0.05, 0.1) is 13.0 Å². The van der Waals surface area contributed by atoms with Gasteiger partial charge in [-0.3, -0.25) is 0 Å². The number of fused-ring (bicyclic) bond motifs is 1. The molecule has 1 aliphatic rings. The van der Waals surface area contributed by atoms with Crippen molar-refractivity contribution in [2.75, 3.05) is 31.6 Å². The van der Waals surface area contributed by atoms with E-state index in [0.29, 0.717) is 19.0 Å². The molecule has 1 aliphatic heterocycles. The molecule has 1 heterocycles. The number of nitrogens with zero attached hydrogens (tertiary/aromatic N) is 2.